The Labute approximate surface area is 154 Å². The summed E-state index contributed by atoms with van der Waals surface area (Å²) in [6.45, 7) is 4.88. The number of amides is 2. The molecule has 0 aromatic heterocycles. The summed E-state index contributed by atoms with van der Waals surface area (Å²) in [5.74, 6) is 0.269. The van der Waals surface area contributed by atoms with E-state index in [0.29, 0.717) is 5.92 Å². The smallest absolute Gasteiger partial charge is 0.320 e. The van der Waals surface area contributed by atoms with Gasteiger partial charge in [0.1, 0.15) is 5.82 Å². The lowest BCUT2D eigenvalue weighted by Gasteiger charge is -2.38. The molecule has 1 N–H and O–H groups in total. The zero-order valence-electron chi connectivity index (χ0n) is 15.2. The summed E-state index contributed by atoms with van der Waals surface area (Å²) in [6, 6.07) is 7.24. The lowest BCUT2D eigenvalue weighted by molar-refractivity contribution is 0.116. The van der Waals surface area contributed by atoms with Gasteiger partial charge in [0, 0.05) is 43.0 Å². The summed E-state index contributed by atoms with van der Waals surface area (Å²) in [6.07, 6.45) is 9.21. The molecule has 1 aromatic rings. The maximum absolute atomic E-state index is 13.5. The highest BCUT2D eigenvalue weighted by Crippen LogP contribution is 2.30. The molecule has 1 unspecified atom stereocenters. The number of rotatable bonds is 3. The standard InChI is InChI=1S/C21H26FN3O/c1-15-9-12-25(21(26)24-10-4-11-24)20(15)14-18-7-3-8-19(23-18)16-5-2-6-17(22)13-16/h2-3,5-8,13,15,18,20,23H,4,9-12,14H2,1H3/t15-,18?,20-/m0/s1. The molecule has 0 radical (unpaired) electrons. The molecule has 0 saturated carbocycles. The summed E-state index contributed by atoms with van der Waals surface area (Å²) in [5, 5.41) is 3.52. The van der Waals surface area contributed by atoms with Crippen molar-refractivity contribution in [3.63, 3.8) is 0 Å². The molecule has 3 aliphatic rings. The Kier molecular flexibility index (Phi) is 4.70. The van der Waals surface area contributed by atoms with E-state index in [0.717, 1.165) is 50.2 Å². The summed E-state index contributed by atoms with van der Waals surface area (Å²) >= 11 is 0. The number of urea groups is 1. The molecule has 3 atom stereocenters. The summed E-state index contributed by atoms with van der Waals surface area (Å²) in [7, 11) is 0. The second-order valence-corrected chi connectivity index (χ2v) is 7.61. The molecule has 3 heterocycles. The lowest BCUT2D eigenvalue weighted by Crippen LogP contribution is -2.52. The van der Waals surface area contributed by atoms with Gasteiger partial charge in [-0.15, -0.1) is 0 Å². The summed E-state index contributed by atoms with van der Waals surface area (Å²) in [4.78, 5) is 16.7. The maximum atomic E-state index is 13.5. The summed E-state index contributed by atoms with van der Waals surface area (Å²) in [5.41, 5.74) is 1.79. The monoisotopic (exact) mass is 355 g/mol. The molecule has 2 saturated heterocycles. The van der Waals surface area contributed by atoms with Crippen LogP contribution in [0.1, 0.15) is 31.7 Å². The molecule has 4 nitrogen and oxygen atoms in total. The first kappa shape index (κ1) is 17.1. The van der Waals surface area contributed by atoms with Crippen molar-refractivity contribution in [1.82, 2.24) is 15.1 Å². The first-order valence-corrected chi connectivity index (χ1v) is 9.58. The normalized spacial score (nSPS) is 27.8. The van der Waals surface area contributed by atoms with Crippen molar-refractivity contribution >= 4 is 11.7 Å². The van der Waals surface area contributed by atoms with Crippen LogP contribution >= 0.6 is 0 Å². The van der Waals surface area contributed by atoms with Crippen molar-refractivity contribution in [2.45, 2.75) is 38.3 Å². The van der Waals surface area contributed by atoms with E-state index in [1.54, 1.807) is 12.1 Å². The van der Waals surface area contributed by atoms with Gasteiger partial charge in [-0.1, -0.05) is 31.2 Å². The van der Waals surface area contributed by atoms with Crippen LogP contribution in [-0.4, -0.2) is 47.5 Å². The van der Waals surface area contributed by atoms with E-state index >= 15 is 0 Å². The van der Waals surface area contributed by atoms with Crippen molar-refractivity contribution in [3.05, 3.63) is 53.9 Å². The van der Waals surface area contributed by atoms with E-state index in [2.05, 4.69) is 23.2 Å². The SMILES string of the molecule is C[C@H]1CCN(C(=O)N2CCC2)[C@H]1CC1C=CC=C(c2cccc(F)c2)N1. The number of carbonyl (C=O) groups is 1. The molecule has 4 rings (SSSR count). The number of dihydropyridines is 1. The number of nitrogens with zero attached hydrogens (tertiary/aromatic N) is 2. The van der Waals surface area contributed by atoms with Gasteiger partial charge in [-0.25, -0.2) is 9.18 Å². The van der Waals surface area contributed by atoms with Crippen LogP contribution in [0.5, 0.6) is 0 Å². The van der Waals surface area contributed by atoms with Gasteiger partial charge in [-0.2, -0.15) is 0 Å². The molecular weight excluding hydrogens is 329 g/mol. The lowest BCUT2D eigenvalue weighted by atomic mass is 9.94. The van der Waals surface area contributed by atoms with E-state index in [1.807, 2.05) is 23.1 Å². The minimum atomic E-state index is -0.230. The molecule has 0 spiro atoms. The largest absolute Gasteiger partial charge is 0.378 e. The summed E-state index contributed by atoms with van der Waals surface area (Å²) < 4.78 is 13.5. The van der Waals surface area contributed by atoms with Crippen LogP contribution in [0.2, 0.25) is 0 Å². The van der Waals surface area contributed by atoms with Gasteiger partial charge < -0.3 is 15.1 Å². The van der Waals surface area contributed by atoms with Gasteiger partial charge >= 0.3 is 6.03 Å². The third-order valence-corrected chi connectivity index (χ3v) is 5.83. The fourth-order valence-corrected chi connectivity index (χ4v) is 4.11. The van der Waals surface area contributed by atoms with E-state index in [1.165, 1.54) is 6.07 Å². The molecular formula is C21H26FN3O. The Balaban J connectivity index is 1.44. The predicted octanol–water partition coefficient (Wildman–Crippen LogP) is 3.62. The van der Waals surface area contributed by atoms with Gasteiger partial charge in [0.05, 0.1) is 0 Å². The van der Waals surface area contributed by atoms with Gasteiger partial charge in [-0.3, -0.25) is 0 Å². The van der Waals surface area contributed by atoms with Gasteiger partial charge in [0.15, 0.2) is 0 Å². The second-order valence-electron chi connectivity index (χ2n) is 7.61. The first-order valence-electron chi connectivity index (χ1n) is 9.58. The zero-order valence-corrected chi connectivity index (χ0v) is 15.2. The quantitative estimate of drug-likeness (QED) is 0.899. The Hall–Kier alpha value is -2.30. The number of halogens is 1. The number of nitrogens with one attached hydrogen (secondary N) is 1. The van der Waals surface area contributed by atoms with Crippen molar-refractivity contribution in [1.29, 1.82) is 0 Å². The Morgan fingerprint density at radius 3 is 2.88 bits per heavy atom. The number of likely N-dealkylation sites (tertiary alicyclic amines) is 2. The average Bonchev–Trinajstić information content (AvgIpc) is 2.94. The highest BCUT2D eigenvalue weighted by Gasteiger charge is 2.38. The average molecular weight is 355 g/mol. The Bertz CT molecular complexity index is 741. The van der Waals surface area contributed by atoms with Gasteiger partial charge in [0.2, 0.25) is 0 Å². The van der Waals surface area contributed by atoms with E-state index in [9.17, 15) is 9.18 Å². The van der Waals surface area contributed by atoms with Crippen LogP contribution in [0.4, 0.5) is 9.18 Å². The van der Waals surface area contributed by atoms with Crippen LogP contribution in [0, 0.1) is 11.7 Å². The third kappa shape index (κ3) is 3.35. The van der Waals surface area contributed by atoms with E-state index in [4.69, 9.17) is 0 Å². The van der Waals surface area contributed by atoms with E-state index in [-0.39, 0.29) is 23.9 Å². The van der Waals surface area contributed by atoms with Gasteiger partial charge in [0.25, 0.3) is 0 Å². The number of benzene rings is 1. The van der Waals surface area contributed by atoms with Gasteiger partial charge in [-0.05, 0) is 43.4 Å². The highest BCUT2D eigenvalue weighted by atomic mass is 19.1. The fourth-order valence-electron chi connectivity index (χ4n) is 4.11. The molecule has 0 aliphatic carbocycles. The molecule has 5 heteroatoms. The Morgan fingerprint density at radius 1 is 1.31 bits per heavy atom. The molecule has 2 fully saturated rings. The third-order valence-electron chi connectivity index (χ3n) is 5.83. The minimum absolute atomic E-state index is 0.149. The Morgan fingerprint density at radius 2 is 2.15 bits per heavy atom. The van der Waals surface area contributed by atoms with Crippen LogP contribution in [0.15, 0.2) is 42.5 Å². The highest BCUT2D eigenvalue weighted by molar-refractivity contribution is 5.76. The van der Waals surface area contributed by atoms with Crippen molar-refractivity contribution in [3.8, 4) is 0 Å². The van der Waals surface area contributed by atoms with Crippen molar-refractivity contribution in [2.75, 3.05) is 19.6 Å². The molecule has 1 aromatic carbocycles. The molecule has 2 amide bonds. The molecule has 0 bridgehead atoms. The van der Waals surface area contributed by atoms with Crippen LogP contribution in [0.3, 0.4) is 0 Å². The van der Waals surface area contributed by atoms with Crippen LogP contribution in [-0.2, 0) is 0 Å². The predicted molar refractivity (Wildman–Crippen MR) is 101 cm³/mol. The number of carbonyl (C=O) groups excluding carboxylic acids is 1. The van der Waals surface area contributed by atoms with Crippen LogP contribution < -0.4 is 5.32 Å². The number of hydrogen-bond donors (Lipinski definition) is 1. The number of hydrogen-bond acceptors (Lipinski definition) is 2. The van der Waals surface area contributed by atoms with Crippen LogP contribution in [0.25, 0.3) is 5.70 Å². The van der Waals surface area contributed by atoms with E-state index < -0.39 is 0 Å². The maximum Gasteiger partial charge on any atom is 0.320 e. The number of allylic oxidation sites excluding steroid dienone is 2. The second kappa shape index (κ2) is 7.14. The fraction of sp³-hybridized carbons (Fsp3) is 0.476. The zero-order chi connectivity index (χ0) is 18.1. The first-order chi connectivity index (χ1) is 12.6. The topological polar surface area (TPSA) is 35.6 Å². The molecule has 3 aliphatic heterocycles. The van der Waals surface area contributed by atoms with Crippen molar-refractivity contribution in [2.24, 2.45) is 5.92 Å². The molecule has 26 heavy (non-hydrogen) atoms. The minimum Gasteiger partial charge on any atom is -0.378 e. The molecule has 138 valence electrons. The van der Waals surface area contributed by atoms with Crippen molar-refractivity contribution < 1.29 is 9.18 Å².